The van der Waals surface area contributed by atoms with E-state index >= 15 is 0 Å². The van der Waals surface area contributed by atoms with E-state index in [1.165, 1.54) is 0 Å². The van der Waals surface area contributed by atoms with E-state index in [-0.39, 0.29) is 23.6 Å². The number of piperazine rings is 1. The van der Waals surface area contributed by atoms with Gasteiger partial charge in [-0.3, -0.25) is 14.5 Å². The number of carbonyl (C=O) groups is 1. The van der Waals surface area contributed by atoms with Crippen molar-refractivity contribution in [2.24, 2.45) is 17.9 Å². The molecule has 3 aromatic heterocycles. The van der Waals surface area contributed by atoms with Gasteiger partial charge in [0.25, 0.3) is 11.5 Å². The maximum atomic E-state index is 13.4. The van der Waals surface area contributed by atoms with Crippen LogP contribution in [0.25, 0.3) is 22.0 Å². The maximum Gasteiger partial charge on any atom is 0.274 e. The number of nitrogens with one attached hydrogen (secondary N) is 2. The van der Waals surface area contributed by atoms with E-state index in [0.717, 1.165) is 49.2 Å². The van der Waals surface area contributed by atoms with Crippen LogP contribution in [0.2, 0.25) is 5.02 Å². The number of ether oxygens (including phenoxy) is 3. The number of carbonyl (C=O) groups excluding carboxylic acids is 1. The number of fused-ring (bicyclic) bond motifs is 1. The number of benzene rings is 3. The number of nitrogen functional groups attached to an aromatic ring is 1. The molecular weight excluding hydrogens is 794 g/mol. The summed E-state index contributed by atoms with van der Waals surface area (Å²) in [6.07, 6.45) is 6.51. The number of nitrogens with zero attached hydrogens (tertiary/aromatic N) is 6. The van der Waals surface area contributed by atoms with Crippen LogP contribution in [-0.4, -0.2) is 81.8 Å². The van der Waals surface area contributed by atoms with Crippen molar-refractivity contribution >= 4 is 40.0 Å². The lowest BCUT2D eigenvalue weighted by molar-refractivity contribution is -0.164. The first kappa shape index (κ1) is 41.2. The summed E-state index contributed by atoms with van der Waals surface area (Å²) in [6, 6.07) is 21.8. The Balaban J connectivity index is 0.815. The Hall–Kier alpha value is -6.56. The summed E-state index contributed by atoms with van der Waals surface area (Å²) in [4.78, 5) is 42.8. The quantitative estimate of drug-likeness (QED) is 0.108. The number of anilines is 2. The normalized spacial score (nSPS) is 18.2. The zero-order chi connectivity index (χ0) is 43.1. The Morgan fingerprint density at radius 1 is 0.967 bits per heavy atom. The third-order valence-electron chi connectivity index (χ3n) is 11.9. The first-order valence-corrected chi connectivity index (χ1v) is 20.5. The number of aromatic nitrogens is 4. The first-order valence-electron chi connectivity index (χ1n) is 20.2. The predicted octanol–water partition coefficient (Wildman–Crippen LogP) is 7.04. The standard InChI is InChI=1S/C46H48ClN9O5/c1-45(2)42(46(3,4)43(45)61-33-11-9-28(24-48)37(47)23-33)53-40(57)29-25-51-44(52-26-29)56-17-15-55(16-18-56)19-20-59-31-7-6-8-32(22-31)60-38-12-10-30(49)21-35(38)36-27-54(5)41(58)39-34(36)13-14-50-39/h6-14,21-23,25-27,42-43,50H,15-20,49H2,1-5H3,(H,53,57). The van der Waals surface area contributed by atoms with E-state index < -0.39 is 10.8 Å². The molecule has 1 saturated heterocycles. The average molecular weight is 842 g/mol. The zero-order valence-electron chi connectivity index (χ0n) is 34.7. The molecule has 61 heavy (non-hydrogen) atoms. The molecule has 3 aromatic carbocycles. The highest BCUT2D eigenvalue weighted by molar-refractivity contribution is 6.31. The molecule has 0 spiro atoms. The van der Waals surface area contributed by atoms with Crippen molar-refractivity contribution in [1.82, 2.24) is 29.7 Å². The number of aryl methyl sites for hydroxylation is 1. The summed E-state index contributed by atoms with van der Waals surface area (Å²) < 4.78 is 20.5. The lowest BCUT2D eigenvalue weighted by atomic mass is 9.49. The van der Waals surface area contributed by atoms with Gasteiger partial charge in [-0.15, -0.1) is 0 Å². The third kappa shape index (κ3) is 8.18. The lowest BCUT2D eigenvalue weighted by Gasteiger charge is -2.63. The summed E-state index contributed by atoms with van der Waals surface area (Å²) in [7, 11) is 1.72. The van der Waals surface area contributed by atoms with Crippen LogP contribution < -0.4 is 35.7 Å². The summed E-state index contributed by atoms with van der Waals surface area (Å²) in [6.45, 7) is 12.6. The smallest absolute Gasteiger partial charge is 0.274 e. The molecule has 0 unspecified atom stereocenters. The summed E-state index contributed by atoms with van der Waals surface area (Å²) in [5.41, 5.74) is 8.78. The Bertz CT molecular complexity index is 2680. The van der Waals surface area contributed by atoms with Gasteiger partial charge in [-0.25, -0.2) is 9.97 Å². The second kappa shape index (κ2) is 16.5. The molecule has 0 bridgehead atoms. The fraction of sp³-hybridized carbons (Fsp3) is 0.326. The van der Waals surface area contributed by atoms with Gasteiger partial charge in [-0.1, -0.05) is 45.4 Å². The number of hydrogen-bond donors (Lipinski definition) is 3. The summed E-state index contributed by atoms with van der Waals surface area (Å²) >= 11 is 6.25. The van der Waals surface area contributed by atoms with Crippen molar-refractivity contribution in [3.05, 3.63) is 118 Å². The topological polar surface area (TPSA) is 177 Å². The minimum absolute atomic E-state index is 0.112. The number of hydrogen-bond acceptors (Lipinski definition) is 11. The SMILES string of the molecule is Cn1cc(-c2cc(N)ccc2Oc2cccc(OCCN3CCN(c4ncc(C(=O)NC5C(C)(C)C(Oc6ccc(C#N)c(Cl)c6)C5(C)C)cn4)CC3)c2)c2cc[nH]c2c1=O. The largest absolute Gasteiger partial charge is 0.492 e. The summed E-state index contributed by atoms with van der Waals surface area (Å²) in [5.74, 6) is 2.82. The highest BCUT2D eigenvalue weighted by atomic mass is 35.5. The predicted molar refractivity (Wildman–Crippen MR) is 235 cm³/mol. The second-order valence-electron chi connectivity index (χ2n) is 16.8. The molecule has 1 aliphatic carbocycles. The highest BCUT2D eigenvalue weighted by Gasteiger charge is 2.64. The van der Waals surface area contributed by atoms with Crippen LogP contribution in [0, 0.1) is 22.2 Å². The first-order chi connectivity index (χ1) is 29.2. The molecule has 2 aliphatic rings. The number of aromatic amines is 1. The number of nitriles is 1. The number of pyridine rings is 1. The lowest BCUT2D eigenvalue weighted by Crippen LogP contribution is -2.74. The van der Waals surface area contributed by atoms with Crippen LogP contribution in [-0.2, 0) is 7.05 Å². The van der Waals surface area contributed by atoms with Crippen molar-refractivity contribution < 1.29 is 19.0 Å². The van der Waals surface area contributed by atoms with Crippen molar-refractivity contribution in [2.75, 3.05) is 50.0 Å². The van der Waals surface area contributed by atoms with Gasteiger partial charge in [0.05, 0.1) is 16.1 Å². The molecule has 314 valence electrons. The fourth-order valence-corrected chi connectivity index (χ4v) is 9.17. The number of nitrogens with two attached hydrogens (primary N) is 1. The van der Waals surface area contributed by atoms with Gasteiger partial charge in [0, 0.05) is 116 Å². The molecule has 0 atom stereocenters. The Morgan fingerprint density at radius 3 is 2.43 bits per heavy atom. The molecule has 6 aromatic rings. The maximum absolute atomic E-state index is 13.4. The van der Waals surface area contributed by atoms with Gasteiger partial charge in [0.2, 0.25) is 5.95 Å². The third-order valence-corrected chi connectivity index (χ3v) is 12.2. The van der Waals surface area contributed by atoms with E-state index in [0.29, 0.717) is 62.9 Å². The van der Waals surface area contributed by atoms with Crippen molar-refractivity contribution in [1.29, 1.82) is 5.26 Å². The van der Waals surface area contributed by atoms with E-state index in [1.54, 1.807) is 60.7 Å². The Labute approximate surface area is 358 Å². The number of amides is 1. The molecule has 1 amide bonds. The van der Waals surface area contributed by atoms with Gasteiger partial charge in [-0.2, -0.15) is 5.26 Å². The molecule has 8 rings (SSSR count). The number of H-pyrrole nitrogens is 1. The van der Waals surface area contributed by atoms with E-state index in [4.69, 9.17) is 31.5 Å². The van der Waals surface area contributed by atoms with Crippen molar-refractivity contribution in [3.63, 3.8) is 0 Å². The molecule has 1 saturated carbocycles. The van der Waals surface area contributed by atoms with Gasteiger partial charge in [-0.05, 0) is 48.5 Å². The Kier molecular flexibility index (Phi) is 11.1. The minimum Gasteiger partial charge on any atom is -0.492 e. The second-order valence-corrected chi connectivity index (χ2v) is 17.2. The molecule has 15 heteroatoms. The average Bonchev–Trinajstić information content (AvgIpc) is 3.75. The zero-order valence-corrected chi connectivity index (χ0v) is 35.5. The molecule has 4 heterocycles. The van der Waals surface area contributed by atoms with E-state index in [9.17, 15) is 14.9 Å². The van der Waals surface area contributed by atoms with Crippen LogP contribution in [0.5, 0.6) is 23.0 Å². The van der Waals surface area contributed by atoms with Gasteiger partial charge in [0.1, 0.15) is 47.3 Å². The van der Waals surface area contributed by atoms with Gasteiger partial charge < -0.3 is 39.7 Å². The molecular formula is C46H48ClN9O5. The van der Waals surface area contributed by atoms with E-state index in [1.807, 2.05) is 42.5 Å². The van der Waals surface area contributed by atoms with Crippen LogP contribution in [0.15, 0.2) is 96.3 Å². The minimum atomic E-state index is -0.393. The van der Waals surface area contributed by atoms with Gasteiger partial charge >= 0.3 is 0 Å². The molecule has 1 aliphatic heterocycles. The fourth-order valence-electron chi connectivity index (χ4n) is 8.96. The highest BCUT2D eigenvalue weighted by Crippen LogP contribution is 2.55. The monoisotopic (exact) mass is 841 g/mol. The summed E-state index contributed by atoms with van der Waals surface area (Å²) in [5, 5.41) is 13.5. The molecule has 14 nitrogen and oxygen atoms in total. The van der Waals surface area contributed by atoms with Crippen molar-refractivity contribution in [2.45, 2.75) is 39.8 Å². The van der Waals surface area contributed by atoms with Crippen LogP contribution in [0.3, 0.4) is 0 Å². The number of rotatable bonds is 12. The van der Waals surface area contributed by atoms with Crippen molar-refractivity contribution in [3.8, 4) is 40.2 Å². The van der Waals surface area contributed by atoms with Gasteiger partial charge in [0.15, 0.2) is 0 Å². The molecule has 2 fully saturated rings. The molecule has 4 N–H and O–H groups in total. The Morgan fingerprint density at radius 2 is 1.70 bits per heavy atom. The van der Waals surface area contributed by atoms with Crippen LogP contribution >= 0.6 is 11.6 Å². The number of halogens is 1. The van der Waals surface area contributed by atoms with Crippen LogP contribution in [0.1, 0.15) is 43.6 Å². The molecule has 0 radical (unpaired) electrons. The van der Waals surface area contributed by atoms with Crippen LogP contribution in [0.4, 0.5) is 11.6 Å². The van der Waals surface area contributed by atoms with E-state index in [2.05, 4.69) is 63.8 Å².